The maximum Gasteiger partial charge on any atom is 0.256 e. The number of amides is 1. The Kier molecular flexibility index (Phi) is 7.42. The number of anilines is 1. The van der Waals surface area contributed by atoms with E-state index < -0.39 is 27.3 Å². The molecule has 0 radical (unpaired) electrons. The van der Waals surface area contributed by atoms with Crippen LogP contribution in [0, 0.1) is 11.7 Å². The van der Waals surface area contributed by atoms with Crippen LogP contribution in [0.15, 0.2) is 60.9 Å². The molecule has 1 amide bonds. The predicted molar refractivity (Wildman–Crippen MR) is 130 cm³/mol. The summed E-state index contributed by atoms with van der Waals surface area (Å²) in [7, 11) is -3.46. The summed E-state index contributed by atoms with van der Waals surface area (Å²) in [5.41, 5.74) is 0.534. The first-order chi connectivity index (χ1) is 16.7. The summed E-state index contributed by atoms with van der Waals surface area (Å²) < 4.78 is 51.1. The summed E-state index contributed by atoms with van der Waals surface area (Å²) >= 11 is 6.23. The molecule has 1 aliphatic carbocycles. The van der Waals surface area contributed by atoms with Crippen LogP contribution < -0.4 is 19.5 Å². The van der Waals surface area contributed by atoms with E-state index in [-0.39, 0.29) is 29.5 Å². The van der Waals surface area contributed by atoms with E-state index in [1.807, 2.05) is 0 Å². The molecule has 11 heteroatoms. The van der Waals surface area contributed by atoms with Crippen molar-refractivity contribution in [2.75, 3.05) is 11.0 Å². The van der Waals surface area contributed by atoms with Crippen molar-refractivity contribution in [3.8, 4) is 17.2 Å². The fraction of sp³-hybridized carbons (Fsp3) is 0.250. The van der Waals surface area contributed by atoms with E-state index in [1.54, 1.807) is 30.3 Å². The van der Waals surface area contributed by atoms with E-state index in [4.69, 9.17) is 21.1 Å². The van der Waals surface area contributed by atoms with Gasteiger partial charge in [0.1, 0.15) is 11.5 Å². The first kappa shape index (κ1) is 24.7. The van der Waals surface area contributed by atoms with Crippen molar-refractivity contribution < 1.29 is 27.1 Å². The molecule has 1 atom stereocenters. The number of alkyl halides is 1. The SMILES string of the molecule is CS(=O)(=O)Nc1cccc(Oc2ccc(CNC(=O)c3cnccc3O[C@@H](Cl)C3CC3)cc2F)c1. The van der Waals surface area contributed by atoms with Crippen LogP contribution in [-0.2, 0) is 16.6 Å². The Hall–Kier alpha value is -3.37. The molecule has 1 saturated carbocycles. The normalized spacial score (nSPS) is 14.1. The minimum Gasteiger partial charge on any atom is -0.473 e. The highest BCUT2D eigenvalue weighted by atomic mass is 35.5. The Morgan fingerprint density at radius 2 is 2.00 bits per heavy atom. The van der Waals surface area contributed by atoms with Gasteiger partial charge in [-0.05, 0) is 48.7 Å². The summed E-state index contributed by atoms with van der Waals surface area (Å²) in [5, 5.41) is 2.72. The number of carbonyl (C=O) groups is 1. The van der Waals surface area contributed by atoms with Crippen LogP contribution in [0.5, 0.6) is 17.2 Å². The minimum atomic E-state index is -3.46. The highest BCUT2D eigenvalue weighted by molar-refractivity contribution is 7.92. The average molecular weight is 520 g/mol. The molecule has 4 rings (SSSR count). The quantitative estimate of drug-likeness (QED) is 0.377. The van der Waals surface area contributed by atoms with Crippen LogP contribution in [0.3, 0.4) is 0 Å². The molecule has 0 aliphatic heterocycles. The first-order valence-corrected chi connectivity index (χ1v) is 13.1. The smallest absolute Gasteiger partial charge is 0.256 e. The number of sulfonamides is 1. The maximum absolute atomic E-state index is 14.7. The summed E-state index contributed by atoms with van der Waals surface area (Å²) in [5.74, 6) is -0.240. The molecule has 8 nitrogen and oxygen atoms in total. The third kappa shape index (κ3) is 7.06. The fourth-order valence-electron chi connectivity index (χ4n) is 3.21. The van der Waals surface area contributed by atoms with Crippen LogP contribution in [0.1, 0.15) is 28.8 Å². The van der Waals surface area contributed by atoms with Crippen molar-refractivity contribution in [1.82, 2.24) is 10.3 Å². The summed E-state index contributed by atoms with van der Waals surface area (Å²) in [4.78, 5) is 16.7. The molecule has 184 valence electrons. The van der Waals surface area contributed by atoms with Gasteiger partial charge in [-0.1, -0.05) is 23.7 Å². The van der Waals surface area contributed by atoms with Gasteiger partial charge in [0.15, 0.2) is 17.1 Å². The lowest BCUT2D eigenvalue weighted by Crippen LogP contribution is -2.24. The highest BCUT2D eigenvalue weighted by Crippen LogP contribution is 2.37. The number of benzene rings is 2. The van der Waals surface area contributed by atoms with E-state index in [1.165, 1.54) is 30.6 Å². The van der Waals surface area contributed by atoms with E-state index in [9.17, 15) is 17.6 Å². The van der Waals surface area contributed by atoms with Crippen molar-refractivity contribution in [3.05, 3.63) is 77.9 Å². The van der Waals surface area contributed by atoms with E-state index in [2.05, 4.69) is 15.0 Å². The van der Waals surface area contributed by atoms with Crippen molar-refractivity contribution in [2.45, 2.75) is 24.9 Å². The lowest BCUT2D eigenvalue weighted by atomic mass is 10.2. The molecule has 0 unspecified atom stereocenters. The van der Waals surface area contributed by atoms with Crippen molar-refractivity contribution >= 4 is 33.2 Å². The second kappa shape index (κ2) is 10.5. The van der Waals surface area contributed by atoms with Gasteiger partial charge in [0, 0.05) is 30.9 Å². The Balaban J connectivity index is 1.38. The zero-order valence-corrected chi connectivity index (χ0v) is 20.3. The molecule has 1 aromatic heterocycles. The molecular formula is C24H23ClFN3O5S. The van der Waals surface area contributed by atoms with Crippen LogP contribution >= 0.6 is 11.6 Å². The molecule has 3 aromatic rings. The zero-order chi connectivity index (χ0) is 25.0. The molecule has 1 heterocycles. The van der Waals surface area contributed by atoms with Gasteiger partial charge in [-0.15, -0.1) is 0 Å². The van der Waals surface area contributed by atoms with E-state index in [0.29, 0.717) is 17.0 Å². The lowest BCUT2D eigenvalue weighted by molar-refractivity contribution is 0.0945. The standard InChI is InChI=1S/C24H23ClFN3O5S/c1-35(31,32)29-17-3-2-4-18(12-17)33-22-8-5-15(11-20(22)26)13-28-24(30)19-14-27-10-9-21(19)34-23(25)16-6-7-16/h2-5,8-12,14,16,23,29H,6-7,13H2,1H3,(H,28,30)/t23-/m1/s1. The van der Waals surface area contributed by atoms with Crippen molar-refractivity contribution in [2.24, 2.45) is 5.92 Å². The molecule has 2 N–H and O–H groups in total. The third-order valence-electron chi connectivity index (χ3n) is 5.07. The Bertz CT molecular complexity index is 1330. The summed E-state index contributed by atoms with van der Waals surface area (Å²) in [6.07, 6.45) is 5.93. The topological polar surface area (TPSA) is 107 Å². The van der Waals surface area contributed by atoms with Gasteiger partial charge in [0.2, 0.25) is 10.0 Å². The number of carbonyl (C=O) groups excluding carboxylic acids is 1. The molecule has 1 aliphatic rings. The Morgan fingerprint density at radius 1 is 1.20 bits per heavy atom. The van der Waals surface area contributed by atoms with Gasteiger partial charge in [-0.2, -0.15) is 0 Å². The number of nitrogens with one attached hydrogen (secondary N) is 2. The number of pyridine rings is 1. The van der Waals surface area contributed by atoms with Crippen LogP contribution in [-0.4, -0.2) is 31.1 Å². The van der Waals surface area contributed by atoms with Crippen LogP contribution in [0.2, 0.25) is 0 Å². The number of rotatable bonds is 10. The number of halogens is 2. The predicted octanol–water partition coefficient (Wildman–Crippen LogP) is 4.67. The largest absolute Gasteiger partial charge is 0.473 e. The van der Waals surface area contributed by atoms with Gasteiger partial charge in [-0.3, -0.25) is 14.5 Å². The number of ether oxygens (including phenoxy) is 2. The Morgan fingerprint density at radius 3 is 2.71 bits per heavy atom. The van der Waals surface area contributed by atoms with Gasteiger partial charge in [-0.25, -0.2) is 12.8 Å². The first-order valence-electron chi connectivity index (χ1n) is 10.7. The fourth-order valence-corrected chi connectivity index (χ4v) is 4.11. The highest BCUT2D eigenvalue weighted by Gasteiger charge is 2.32. The molecule has 0 saturated heterocycles. The number of aromatic nitrogens is 1. The van der Waals surface area contributed by atoms with Gasteiger partial charge in [0.05, 0.1) is 17.5 Å². The minimum absolute atomic E-state index is 0.0484. The van der Waals surface area contributed by atoms with Crippen molar-refractivity contribution in [1.29, 1.82) is 0 Å². The lowest BCUT2D eigenvalue weighted by Gasteiger charge is -2.15. The van der Waals surface area contributed by atoms with Crippen LogP contribution in [0.4, 0.5) is 10.1 Å². The van der Waals surface area contributed by atoms with Gasteiger partial charge >= 0.3 is 0 Å². The number of hydrogen-bond acceptors (Lipinski definition) is 6. The van der Waals surface area contributed by atoms with Crippen LogP contribution in [0.25, 0.3) is 0 Å². The second-order valence-corrected chi connectivity index (χ2v) is 10.3. The number of hydrogen-bond donors (Lipinski definition) is 2. The Labute approximate surface area is 207 Å². The summed E-state index contributed by atoms with van der Waals surface area (Å²) in [6.45, 7) is 0.0606. The van der Waals surface area contributed by atoms with Gasteiger partial charge < -0.3 is 14.8 Å². The molecule has 0 spiro atoms. The molecule has 2 aromatic carbocycles. The monoisotopic (exact) mass is 519 g/mol. The van der Waals surface area contributed by atoms with Crippen molar-refractivity contribution in [3.63, 3.8) is 0 Å². The molecule has 35 heavy (non-hydrogen) atoms. The molecule has 1 fully saturated rings. The number of nitrogens with zero attached hydrogens (tertiary/aromatic N) is 1. The second-order valence-electron chi connectivity index (χ2n) is 8.13. The molecule has 0 bridgehead atoms. The average Bonchev–Trinajstić information content (AvgIpc) is 3.64. The van der Waals surface area contributed by atoms with E-state index >= 15 is 0 Å². The van der Waals surface area contributed by atoms with E-state index in [0.717, 1.165) is 19.1 Å². The van der Waals surface area contributed by atoms with Gasteiger partial charge in [0.25, 0.3) is 5.91 Å². The molecular weight excluding hydrogens is 497 g/mol. The maximum atomic E-state index is 14.7. The third-order valence-corrected chi connectivity index (χ3v) is 6.12. The zero-order valence-electron chi connectivity index (χ0n) is 18.7. The summed E-state index contributed by atoms with van der Waals surface area (Å²) in [6, 6.07) is 12.0.